The van der Waals surface area contributed by atoms with E-state index in [1.54, 1.807) is 18.3 Å². The summed E-state index contributed by atoms with van der Waals surface area (Å²) in [6.07, 6.45) is 1.66. The van der Waals surface area contributed by atoms with Crippen LogP contribution in [0.3, 0.4) is 0 Å². The van der Waals surface area contributed by atoms with Gasteiger partial charge in [0.25, 0.3) is 0 Å². The number of hydrogen-bond donors (Lipinski definition) is 1. The average Bonchev–Trinajstić information content (AvgIpc) is 2.45. The van der Waals surface area contributed by atoms with Gasteiger partial charge in [0, 0.05) is 22.6 Å². The maximum Gasteiger partial charge on any atom is 0.138 e. The molecule has 1 aromatic heterocycles. The summed E-state index contributed by atoms with van der Waals surface area (Å²) in [5, 5.41) is 3.29. The molecule has 0 atom stereocenters. The molecule has 0 spiro atoms. The van der Waals surface area contributed by atoms with Crippen LogP contribution in [0.15, 0.2) is 41.0 Å². The monoisotopic (exact) mass is 352 g/mol. The molecular formula is C16H18BrFN2O. The first-order valence-electron chi connectivity index (χ1n) is 6.79. The maximum absolute atomic E-state index is 13.7. The Hall–Kier alpha value is -1.46. The van der Waals surface area contributed by atoms with E-state index in [0.717, 1.165) is 12.2 Å². The molecule has 0 fully saturated rings. The first-order valence-corrected chi connectivity index (χ1v) is 7.59. The van der Waals surface area contributed by atoms with Crippen LogP contribution in [0, 0.1) is 5.82 Å². The van der Waals surface area contributed by atoms with E-state index in [4.69, 9.17) is 4.74 Å². The molecule has 0 radical (unpaired) electrons. The molecule has 0 amide bonds. The molecule has 0 aliphatic carbocycles. The Balaban J connectivity index is 1.91. The van der Waals surface area contributed by atoms with E-state index in [1.165, 1.54) is 6.07 Å². The predicted molar refractivity (Wildman–Crippen MR) is 84.6 cm³/mol. The van der Waals surface area contributed by atoms with Crippen LogP contribution in [0.4, 0.5) is 4.39 Å². The third-order valence-corrected chi connectivity index (χ3v) is 3.39. The van der Waals surface area contributed by atoms with Crippen LogP contribution < -0.4 is 10.1 Å². The molecule has 2 rings (SSSR count). The first kappa shape index (κ1) is 15.9. The van der Waals surface area contributed by atoms with Gasteiger partial charge >= 0.3 is 0 Å². The Morgan fingerprint density at radius 1 is 1.29 bits per heavy atom. The van der Waals surface area contributed by atoms with Crippen molar-refractivity contribution in [3.63, 3.8) is 0 Å². The number of hydrogen-bond acceptors (Lipinski definition) is 3. The van der Waals surface area contributed by atoms with Crippen molar-refractivity contribution in [2.24, 2.45) is 0 Å². The topological polar surface area (TPSA) is 34.1 Å². The largest absolute Gasteiger partial charge is 0.487 e. The van der Waals surface area contributed by atoms with Gasteiger partial charge in [-0.05, 0) is 24.3 Å². The molecular weight excluding hydrogens is 335 g/mol. The highest BCUT2D eigenvalue weighted by Gasteiger charge is 2.04. The van der Waals surface area contributed by atoms with Crippen LogP contribution in [0.1, 0.15) is 25.1 Å². The zero-order valence-corrected chi connectivity index (χ0v) is 13.7. The molecule has 0 bridgehead atoms. The van der Waals surface area contributed by atoms with E-state index in [1.807, 2.05) is 12.1 Å². The van der Waals surface area contributed by atoms with Gasteiger partial charge in [-0.15, -0.1) is 0 Å². The van der Waals surface area contributed by atoms with Gasteiger partial charge in [0.1, 0.15) is 18.2 Å². The van der Waals surface area contributed by atoms with E-state index >= 15 is 0 Å². The smallest absolute Gasteiger partial charge is 0.138 e. The standard InChI is InChI=1S/C16H18BrFN2O/c1-11(2)19-8-14-5-6-15(9-20-14)21-10-12-3-4-13(17)7-16(12)18/h3-7,9,11,19H,8,10H2,1-2H3. The summed E-state index contributed by atoms with van der Waals surface area (Å²) >= 11 is 3.23. The van der Waals surface area contributed by atoms with Gasteiger partial charge in [0.15, 0.2) is 0 Å². The molecule has 0 unspecified atom stereocenters. The van der Waals surface area contributed by atoms with E-state index in [-0.39, 0.29) is 12.4 Å². The highest BCUT2D eigenvalue weighted by molar-refractivity contribution is 9.10. The fourth-order valence-corrected chi connectivity index (χ4v) is 2.04. The van der Waals surface area contributed by atoms with Crippen LogP contribution in [0.5, 0.6) is 5.75 Å². The fraction of sp³-hybridized carbons (Fsp3) is 0.312. The highest BCUT2D eigenvalue weighted by Crippen LogP contribution is 2.17. The second kappa shape index (κ2) is 7.52. The number of nitrogens with zero attached hydrogens (tertiary/aromatic N) is 1. The molecule has 1 N–H and O–H groups in total. The molecule has 3 nitrogen and oxygen atoms in total. The Morgan fingerprint density at radius 3 is 2.71 bits per heavy atom. The molecule has 5 heteroatoms. The summed E-state index contributed by atoms with van der Waals surface area (Å²) in [6, 6.07) is 9.10. The predicted octanol–water partition coefficient (Wildman–Crippen LogP) is 4.06. The molecule has 1 aromatic carbocycles. The van der Waals surface area contributed by atoms with Crippen molar-refractivity contribution in [1.82, 2.24) is 10.3 Å². The third-order valence-electron chi connectivity index (χ3n) is 2.90. The zero-order chi connectivity index (χ0) is 15.2. The Labute approximate surface area is 132 Å². The molecule has 0 aliphatic rings. The van der Waals surface area contributed by atoms with Crippen molar-refractivity contribution in [3.8, 4) is 5.75 Å². The lowest BCUT2D eigenvalue weighted by Crippen LogP contribution is -2.22. The van der Waals surface area contributed by atoms with Crippen molar-refractivity contribution in [2.75, 3.05) is 0 Å². The Morgan fingerprint density at radius 2 is 2.10 bits per heavy atom. The summed E-state index contributed by atoms with van der Waals surface area (Å²) in [5.41, 5.74) is 1.47. The molecule has 2 aromatic rings. The minimum absolute atomic E-state index is 0.185. The van der Waals surface area contributed by atoms with Crippen LogP contribution in [0.2, 0.25) is 0 Å². The van der Waals surface area contributed by atoms with Crippen LogP contribution in [0.25, 0.3) is 0 Å². The summed E-state index contributed by atoms with van der Waals surface area (Å²) in [6.45, 7) is 5.08. The number of nitrogens with one attached hydrogen (secondary N) is 1. The quantitative estimate of drug-likeness (QED) is 0.851. The second-order valence-corrected chi connectivity index (χ2v) is 5.96. The fourth-order valence-electron chi connectivity index (χ4n) is 1.71. The lowest BCUT2D eigenvalue weighted by atomic mass is 10.2. The van der Waals surface area contributed by atoms with Gasteiger partial charge in [-0.2, -0.15) is 0 Å². The number of rotatable bonds is 6. The van der Waals surface area contributed by atoms with Crippen LogP contribution in [-0.2, 0) is 13.2 Å². The molecule has 0 aliphatic heterocycles. The summed E-state index contributed by atoms with van der Waals surface area (Å²) in [5.74, 6) is 0.348. The summed E-state index contributed by atoms with van der Waals surface area (Å²) in [7, 11) is 0. The Kier molecular flexibility index (Phi) is 5.70. The number of ether oxygens (including phenoxy) is 1. The first-order chi connectivity index (χ1) is 10.0. The van der Waals surface area contributed by atoms with E-state index in [0.29, 0.717) is 21.8 Å². The number of benzene rings is 1. The third kappa shape index (κ3) is 5.10. The summed E-state index contributed by atoms with van der Waals surface area (Å²) < 4.78 is 19.9. The van der Waals surface area contributed by atoms with Crippen molar-refractivity contribution in [2.45, 2.75) is 33.0 Å². The van der Waals surface area contributed by atoms with Crippen molar-refractivity contribution in [1.29, 1.82) is 0 Å². The van der Waals surface area contributed by atoms with Crippen molar-refractivity contribution in [3.05, 3.63) is 58.1 Å². The van der Waals surface area contributed by atoms with Crippen LogP contribution in [-0.4, -0.2) is 11.0 Å². The van der Waals surface area contributed by atoms with Crippen molar-refractivity contribution < 1.29 is 9.13 Å². The number of pyridine rings is 1. The lowest BCUT2D eigenvalue weighted by Gasteiger charge is -2.09. The van der Waals surface area contributed by atoms with E-state index in [9.17, 15) is 4.39 Å². The Bertz CT molecular complexity index is 587. The SMILES string of the molecule is CC(C)NCc1ccc(OCc2ccc(Br)cc2F)cn1. The molecule has 0 saturated carbocycles. The average molecular weight is 353 g/mol. The minimum atomic E-state index is -0.282. The van der Waals surface area contributed by atoms with Crippen LogP contribution >= 0.6 is 15.9 Å². The zero-order valence-electron chi connectivity index (χ0n) is 12.1. The van der Waals surface area contributed by atoms with E-state index in [2.05, 4.69) is 40.1 Å². The van der Waals surface area contributed by atoms with Gasteiger partial charge in [0.05, 0.1) is 11.9 Å². The number of aromatic nitrogens is 1. The summed E-state index contributed by atoms with van der Waals surface area (Å²) in [4.78, 5) is 4.31. The van der Waals surface area contributed by atoms with Gasteiger partial charge < -0.3 is 10.1 Å². The van der Waals surface area contributed by atoms with Gasteiger partial charge in [-0.1, -0.05) is 35.8 Å². The normalized spacial score (nSPS) is 10.9. The molecule has 21 heavy (non-hydrogen) atoms. The number of halogens is 2. The lowest BCUT2D eigenvalue weighted by molar-refractivity contribution is 0.298. The molecule has 112 valence electrons. The van der Waals surface area contributed by atoms with Gasteiger partial charge in [-0.25, -0.2) is 4.39 Å². The molecule has 1 heterocycles. The molecule has 0 saturated heterocycles. The second-order valence-electron chi connectivity index (χ2n) is 5.05. The van der Waals surface area contributed by atoms with E-state index < -0.39 is 0 Å². The highest BCUT2D eigenvalue weighted by atomic mass is 79.9. The minimum Gasteiger partial charge on any atom is -0.487 e. The van der Waals surface area contributed by atoms with Gasteiger partial charge in [-0.3, -0.25) is 4.98 Å². The maximum atomic E-state index is 13.7. The van der Waals surface area contributed by atoms with Gasteiger partial charge in [0.2, 0.25) is 0 Å². The van der Waals surface area contributed by atoms with Crippen molar-refractivity contribution >= 4 is 15.9 Å².